The first kappa shape index (κ1) is 19.7. The molecule has 2 amide bonds. The fourth-order valence-corrected chi connectivity index (χ4v) is 3.91. The molecule has 0 saturated carbocycles. The van der Waals surface area contributed by atoms with Gasteiger partial charge >= 0.3 is 0 Å². The molecule has 2 fully saturated rings. The lowest BCUT2D eigenvalue weighted by Gasteiger charge is -2.38. The van der Waals surface area contributed by atoms with E-state index in [1.54, 1.807) is 4.90 Å². The number of nitrogens with zero attached hydrogens (tertiary/aromatic N) is 1. The topological polar surface area (TPSA) is 61.4 Å². The van der Waals surface area contributed by atoms with Gasteiger partial charge in [0.25, 0.3) is 0 Å². The van der Waals surface area contributed by atoms with Crippen LogP contribution in [0.3, 0.4) is 0 Å². The van der Waals surface area contributed by atoms with Crippen molar-refractivity contribution in [3.05, 3.63) is 35.9 Å². The highest BCUT2D eigenvalue weighted by Crippen LogP contribution is 2.35. The van der Waals surface area contributed by atoms with E-state index in [9.17, 15) is 9.59 Å². The molecule has 0 spiro atoms. The molecule has 3 unspecified atom stereocenters. The first-order valence-corrected chi connectivity index (χ1v) is 8.96. The van der Waals surface area contributed by atoms with Gasteiger partial charge in [0.05, 0.1) is 12.0 Å². The Balaban J connectivity index is 0.00000225. The van der Waals surface area contributed by atoms with Gasteiger partial charge < -0.3 is 15.5 Å². The quantitative estimate of drug-likeness (QED) is 0.840. The van der Waals surface area contributed by atoms with Crippen LogP contribution in [0.15, 0.2) is 30.3 Å². The van der Waals surface area contributed by atoms with Crippen LogP contribution in [-0.2, 0) is 9.59 Å². The van der Waals surface area contributed by atoms with Crippen LogP contribution in [0.5, 0.6) is 0 Å². The van der Waals surface area contributed by atoms with E-state index in [4.69, 9.17) is 0 Å². The normalized spacial score (nSPS) is 26.2. The van der Waals surface area contributed by atoms with Crippen LogP contribution in [0, 0.1) is 11.8 Å². The second-order valence-electron chi connectivity index (χ2n) is 6.94. The van der Waals surface area contributed by atoms with Crippen LogP contribution in [0.2, 0.25) is 0 Å². The fraction of sp³-hybridized carbons (Fsp3) is 0.579. The van der Waals surface area contributed by atoms with Crippen LogP contribution in [0.4, 0.5) is 0 Å². The molecular formula is C19H28ClN3O2. The number of likely N-dealkylation sites (tertiary alicyclic amines) is 1. The Kier molecular flexibility index (Phi) is 7.26. The number of hydrogen-bond donors (Lipinski definition) is 2. The van der Waals surface area contributed by atoms with E-state index in [1.165, 1.54) is 6.42 Å². The van der Waals surface area contributed by atoms with E-state index < -0.39 is 0 Å². The number of carbonyl (C=O) groups is 2. The predicted molar refractivity (Wildman–Crippen MR) is 101 cm³/mol. The molecule has 0 bridgehead atoms. The summed E-state index contributed by atoms with van der Waals surface area (Å²) in [6.07, 6.45) is 3.30. The van der Waals surface area contributed by atoms with Gasteiger partial charge in [0.1, 0.15) is 0 Å². The van der Waals surface area contributed by atoms with Gasteiger partial charge in [-0.1, -0.05) is 30.3 Å². The Morgan fingerprint density at radius 3 is 2.72 bits per heavy atom. The first-order valence-electron chi connectivity index (χ1n) is 8.96. The van der Waals surface area contributed by atoms with Gasteiger partial charge in [0, 0.05) is 20.0 Å². The fourth-order valence-electron chi connectivity index (χ4n) is 3.91. The number of halogens is 1. The average Bonchev–Trinajstić information content (AvgIpc) is 3.11. The van der Waals surface area contributed by atoms with Crippen LogP contribution in [0.25, 0.3) is 0 Å². The molecule has 0 aromatic heterocycles. The lowest BCUT2D eigenvalue weighted by Crippen LogP contribution is -2.46. The molecule has 2 aliphatic heterocycles. The molecular weight excluding hydrogens is 338 g/mol. The number of hydrogen-bond acceptors (Lipinski definition) is 3. The summed E-state index contributed by atoms with van der Waals surface area (Å²) in [5.41, 5.74) is 1.04. The summed E-state index contributed by atoms with van der Waals surface area (Å²) >= 11 is 0. The smallest absolute Gasteiger partial charge is 0.225 e. The van der Waals surface area contributed by atoms with Crippen molar-refractivity contribution >= 4 is 24.2 Å². The highest BCUT2D eigenvalue weighted by Gasteiger charge is 2.38. The van der Waals surface area contributed by atoms with E-state index in [-0.39, 0.29) is 36.2 Å². The summed E-state index contributed by atoms with van der Waals surface area (Å²) in [6, 6.07) is 9.72. The molecule has 25 heavy (non-hydrogen) atoms. The maximum absolute atomic E-state index is 12.7. The number of piperidine rings is 1. The van der Waals surface area contributed by atoms with Crippen LogP contribution >= 0.6 is 12.4 Å². The third-order valence-electron chi connectivity index (χ3n) is 5.35. The van der Waals surface area contributed by atoms with E-state index in [0.29, 0.717) is 18.8 Å². The lowest BCUT2D eigenvalue weighted by atomic mass is 9.84. The van der Waals surface area contributed by atoms with E-state index >= 15 is 0 Å². The summed E-state index contributed by atoms with van der Waals surface area (Å²) in [6.45, 7) is 2.87. The molecule has 5 nitrogen and oxygen atoms in total. The standard InChI is InChI=1S/C19H27N3O2.ClH/c1-22-17(23)8-7-16(18(22)15-5-3-2-4-6-15)19(24)21-12-10-14-9-11-20-13-14;/h2-6,14,16,18,20H,7-13H2,1H3,(H,21,24);1H. The molecule has 2 aliphatic rings. The first-order chi connectivity index (χ1) is 11.7. The number of benzene rings is 1. The minimum Gasteiger partial charge on any atom is -0.356 e. The summed E-state index contributed by atoms with van der Waals surface area (Å²) in [7, 11) is 1.81. The molecule has 3 rings (SSSR count). The van der Waals surface area contributed by atoms with Crippen LogP contribution in [-0.4, -0.2) is 43.4 Å². The Bertz CT molecular complexity index is 575. The Morgan fingerprint density at radius 2 is 2.04 bits per heavy atom. The van der Waals surface area contributed by atoms with Gasteiger partial charge in [0.15, 0.2) is 0 Å². The van der Waals surface area contributed by atoms with Crippen molar-refractivity contribution in [3.63, 3.8) is 0 Å². The van der Waals surface area contributed by atoms with Gasteiger partial charge in [-0.25, -0.2) is 0 Å². The van der Waals surface area contributed by atoms with E-state index in [1.807, 2.05) is 37.4 Å². The zero-order chi connectivity index (χ0) is 16.9. The zero-order valence-corrected chi connectivity index (χ0v) is 15.6. The molecule has 138 valence electrons. The van der Waals surface area contributed by atoms with Gasteiger partial charge in [-0.15, -0.1) is 12.4 Å². The van der Waals surface area contributed by atoms with Crippen molar-refractivity contribution in [1.82, 2.24) is 15.5 Å². The predicted octanol–water partition coefficient (Wildman–Crippen LogP) is 2.13. The number of carbonyl (C=O) groups excluding carboxylic acids is 2. The minimum absolute atomic E-state index is 0. The third-order valence-corrected chi connectivity index (χ3v) is 5.35. The largest absolute Gasteiger partial charge is 0.356 e. The van der Waals surface area contributed by atoms with Gasteiger partial charge in [-0.3, -0.25) is 9.59 Å². The summed E-state index contributed by atoms with van der Waals surface area (Å²) < 4.78 is 0. The van der Waals surface area contributed by atoms with Gasteiger partial charge in [-0.05, 0) is 43.8 Å². The van der Waals surface area contributed by atoms with E-state index in [0.717, 1.165) is 31.6 Å². The Hall–Kier alpha value is -1.59. The van der Waals surface area contributed by atoms with Gasteiger partial charge in [0.2, 0.25) is 11.8 Å². The highest BCUT2D eigenvalue weighted by molar-refractivity contribution is 5.85. The zero-order valence-electron chi connectivity index (χ0n) is 14.7. The van der Waals surface area contributed by atoms with Crippen LogP contribution in [0.1, 0.15) is 37.3 Å². The summed E-state index contributed by atoms with van der Waals surface area (Å²) in [5.74, 6) is 0.696. The molecule has 2 N–H and O–H groups in total. The summed E-state index contributed by atoms with van der Waals surface area (Å²) in [4.78, 5) is 26.6. The monoisotopic (exact) mass is 365 g/mol. The molecule has 1 aromatic rings. The van der Waals surface area contributed by atoms with Crippen molar-refractivity contribution in [2.45, 2.75) is 31.7 Å². The second-order valence-corrected chi connectivity index (χ2v) is 6.94. The maximum Gasteiger partial charge on any atom is 0.225 e. The molecule has 2 heterocycles. The molecule has 2 saturated heterocycles. The molecule has 1 aromatic carbocycles. The second kappa shape index (κ2) is 9.20. The number of rotatable bonds is 5. The number of amides is 2. The van der Waals surface area contributed by atoms with Crippen molar-refractivity contribution in [1.29, 1.82) is 0 Å². The Labute approximate surface area is 155 Å². The minimum atomic E-state index is -0.170. The number of nitrogens with one attached hydrogen (secondary N) is 2. The van der Waals surface area contributed by atoms with Crippen molar-refractivity contribution < 1.29 is 9.59 Å². The Morgan fingerprint density at radius 1 is 1.28 bits per heavy atom. The molecule has 0 aliphatic carbocycles. The van der Waals surface area contributed by atoms with Crippen molar-refractivity contribution in [2.75, 3.05) is 26.7 Å². The molecule has 6 heteroatoms. The van der Waals surface area contributed by atoms with Crippen molar-refractivity contribution in [2.24, 2.45) is 11.8 Å². The highest BCUT2D eigenvalue weighted by atomic mass is 35.5. The van der Waals surface area contributed by atoms with Gasteiger partial charge in [-0.2, -0.15) is 0 Å². The molecule has 3 atom stereocenters. The summed E-state index contributed by atoms with van der Waals surface area (Å²) in [5, 5.41) is 6.47. The molecule has 0 radical (unpaired) electrons. The van der Waals surface area contributed by atoms with Crippen molar-refractivity contribution in [3.8, 4) is 0 Å². The SMILES string of the molecule is CN1C(=O)CCC(C(=O)NCCC2CCNC2)C1c1ccccc1.Cl. The lowest BCUT2D eigenvalue weighted by molar-refractivity contribution is -0.141. The average molecular weight is 366 g/mol. The maximum atomic E-state index is 12.7. The van der Waals surface area contributed by atoms with Crippen LogP contribution < -0.4 is 10.6 Å². The van der Waals surface area contributed by atoms with E-state index in [2.05, 4.69) is 10.6 Å². The third kappa shape index (κ3) is 4.73.